The zero-order valence-corrected chi connectivity index (χ0v) is 16.8. The molecule has 0 atom stereocenters. The molecule has 9 nitrogen and oxygen atoms in total. The predicted octanol–water partition coefficient (Wildman–Crippen LogP) is 1.57. The Morgan fingerprint density at radius 2 is 2.00 bits per heavy atom. The minimum Gasteiger partial charge on any atom is -0.495 e. The molecule has 2 heterocycles. The number of nitrogens with one attached hydrogen (secondary N) is 1. The van der Waals surface area contributed by atoms with Crippen LogP contribution in [0.5, 0.6) is 5.75 Å². The minimum absolute atomic E-state index is 0.0561. The van der Waals surface area contributed by atoms with Gasteiger partial charge in [-0.2, -0.15) is 0 Å². The van der Waals surface area contributed by atoms with Gasteiger partial charge in [0.1, 0.15) is 10.6 Å². The number of nitrogen functional groups attached to an aromatic ring is 1. The molecule has 154 valence electrons. The maximum absolute atomic E-state index is 13.1. The maximum Gasteiger partial charge on any atom is 0.244 e. The molecule has 0 saturated heterocycles. The first kappa shape index (κ1) is 19.6. The van der Waals surface area contributed by atoms with Gasteiger partial charge >= 0.3 is 0 Å². The Balaban J connectivity index is 1.72. The number of hydrogen-bond donors (Lipinski definition) is 3. The van der Waals surface area contributed by atoms with Crippen LogP contribution < -0.4 is 15.2 Å². The van der Waals surface area contributed by atoms with E-state index in [0.29, 0.717) is 48.4 Å². The molecule has 1 saturated carbocycles. The third-order valence-corrected chi connectivity index (χ3v) is 6.76. The van der Waals surface area contributed by atoms with Crippen LogP contribution in [-0.4, -0.2) is 47.1 Å². The summed E-state index contributed by atoms with van der Waals surface area (Å²) >= 11 is 0. The average molecular weight is 417 g/mol. The Labute approximate surface area is 168 Å². The molecule has 29 heavy (non-hydrogen) atoms. The summed E-state index contributed by atoms with van der Waals surface area (Å²) < 4.78 is 36.0. The molecule has 0 bridgehead atoms. The van der Waals surface area contributed by atoms with E-state index in [1.54, 1.807) is 41.2 Å². The van der Waals surface area contributed by atoms with Crippen molar-refractivity contribution in [1.82, 2.24) is 19.1 Å². The van der Waals surface area contributed by atoms with Crippen LogP contribution in [0.1, 0.15) is 25.7 Å². The fourth-order valence-electron chi connectivity index (χ4n) is 3.68. The summed E-state index contributed by atoms with van der Waals surface area (Å²) in [6.07, 6.45) is 6.92. The van der Waals surface area contributed by atoms with Crippen molar-refractivity contribution in [2.75, 3.05) is 12.8 Å². The van der Waals surface area contributed by atoms with Gasteiger partial charge in [0.2, 0.25) is 10.0 Å². The number of hydrogen-bond acceptors (Lipinski definition) is 7. The minimum atomic E-state index is -3.82. The van der Waals surface area contributed by atoms with Crippen molar-refractivity contribution in [3.63, 3.8) is 0 Å². The number of nitrogens with two attached hydrogens (primary N) is 1. The molecule has 4 rings (SSSR count). The molecule has 1 fully saturated rings. The quantitative estimate of drug-likeness (QED) is 0.574. The molecule has 4 N–H and O–H groups in total. The second kappa shape index (κ2) is 7.62. The number of rotatable bonds is 5. The normalized spacial score (nSPS) is 20.1. The van der Waals surface area contributed by atoms with E-state index in [4.69, 9.17) is 10.5 Å². The highest BCUT2D eigenvalue weighted by Crippen LogP contribution is 2.31. The number of methoxy groups -OCH3 is 1. The van der Waals surface area contributed by atoms with Crippen LogP contribution in [0, 0.1) is 0 Å². The molecule has 2 aromatic heterocycles. The molecule has 1 aromatic carbocycles. The van der Waals surface area contributed by atoms with Gasteiger partial charge in [-0.25, -0.2) is 23.1 Å². The Morgan fingerprint density at radius 1 is 1.24 bits per heavy atom. The van der Waals surface area contributed by atoms with E-state index in [9.17, 15) is 13.5 Å². The first-order valence-corrected chi connectivity index (χ1v) is 10.8. The van der Waals surface area contributed by atoms with Crippen molar-refractivity contribution in [2.45, 2.75) is 42.7 Å². The third-order valence-electron chi connectivity index (χ3n) is 5.22. The first-order chi connectivity index (χ1) is 13.9. The predicted molar refractivity (Wildman–Crippen MR) is 108 cm³/mol. The standard InChI is InChI=1S/C19H23N5O4S/c1-28-16-7-2-12(15-11-22-19-18(20)21-8-9-24(15)19)10-17(16)29(26,27)23-13-3-5-14(25)6-4-13/h2,7-11,13-14,23,25H,3-6H2,1H3,(H2,20,21). The lowest BCUT2D eigenvalue weighted by molar-refractivity contribution is 0.120. The third kappa shape index (κ3) is 3.78. The van der Waals surface area contributed by atoms with E-state index in [0.717, 1.165) is 0 Å². The summed E-state index contributed by atoms with van der Waals surface area (Å²) in [6.45, 7) is 0. The van der Waals surface area contributed by atoms with E-state index in [1.165, 1.54) is 7.11 Å². The Hall–Kier alpha value is -2.69. The number of imidazole rings is 1. The summed E-state index contributed by atoms with van der Waals surface area (Å²) in [5.41, 5.74) is 7.71. The first-order valence-electron chi connectivity index (χ1n) is 9.35. The topological polar surface area (TPSA) is 132 Å². The van der Waals surface area contributed by atoms with E-state index in [1.807, 2.05) is 0 Å². The van der Waals surface area contributed by atoms with Gasteiger partial charge in [-0.15, -0.1) is 0 Å². The fourth-order valence-corrected chi connectivity index (χ4v) is 5.18. The fraction of sp³-hybridized carbons (Fsp3) is 0.368. The van der Waals surface area contributed by atoms with E-state index in [2.05, 4.69) is 14.7 Å². The molecule has 0 aliphatic heterocycles. The van der Waals surface area contributed by atoms with Crippen LogP contribution in [0.4, 0.5) is 5.82 Å². The maximum atomic E-state index is 13.1. The zero-order chi connectivity index (χ0) is 20.6. The number of benzene rings is 1. The Bertz CT molecular complexity index is 1140. The van der Waals surface area contributed by atoms with Crippen LogP contribution in [0.15, 0.2) is 41.7 Å². The molecule has 3 aromatic rings. The SMILES string of the molecule is COc1ccc(-c2cnc3c(N)nccn23)cc1S(=O)(=O)NC1CCC(O)CC1. The molecule has 0 radical (unpaired) electrons. The summed E-state index contributed by atoms with van der Waals surface area (Å²) in [4.78, 5) is 8.36. The summed E-state index contributed by atoms with van der Waals surface area (Å²) in [6, 6.07) is 4.75. The van der Waals surface area contributed by atoms with Crippen molar-refractivity contribution in [2.24, 2.45) is 0 Å². The van der Waals surface area contributed by atoms with Crippen LogP contribution in [0.3, 0.4) is 0 Å². The molecule has 1 aliphatic rings. The Morgan fingerprint density at radius 3 is 2.72 bits per heavy atom. The van der Waals surface area contributed by atoms with Crippen molar-refractivity contribution >= 4 is 21.5 Å². The van der Waals surface area contributed by atoms with Gasteiger partial charge in [-0.05, 0) is 43.9 Å². The smallest absolute Gasteiger partial charge is 0.244 e. The number of sulfonamides is 1. The summed E-state index contributed by atoms with van der Waals surface area (Å²) in [5, 5.41) is 9.65. The van der Waals surface area contributed by atoms with Gasteiger partial charge in [0.15, 0.2) is 11.5 Å². The van der Waals surface area contributed by atoms with Gasteiger partial charge in [0.05, 0.1) is 25.1 Å². The molecule has 10 heteroatoms. The van der Waals surface area contributed by atoms with Crippen LogP contribution in [-0.2, 0) is 10.0 Å². The number of nitrogens with zero attached hydrogens (tertiary/aromatic N) is 3. The Kier molecular flexibility index (Phi) is 5.15. The van der Waals surface area contributed by atoms with Gasteiger partial charge < -0.3 is 15.6 Å². The number of aliphatic hydroxyl groups is 1. The van der Waals surface area contributed by atoms with E-state index < -0.39 is 10.0 Å². The van der Waals surface area contributed by atoms with Crippen molar-refractivity contribution < 1.29 is 18.3 Å². The number of anilines is 1. The van der Waals surface area contributed by atoms with E-state index >= 15 is 0 Å². The molecule has 0 unspecified atom stereocenters. The van der Waals surface area contributed by atoms with Crippen LogP contribution in [0.2, 0.25) is 0 Å². The second-order valence-corrected chi connectivity index (χ2v) is 8.82. The number of ether oxygens (including phenoxy) is 1. The van der Waals surface area contributed by atoms with Gasteiger partial charge in [0, 0.05) is 24.0 Å². The molecular formula is C19H23N5O4S. The van der Waals surface area contributed by atoms with Crippen LogP contribution >= 0.6 is 0 Å². The monoisotopic (exact) mass is 417 g/mol. The summed E-state index contributed by atoms with van der Waals surface area (Å²) in [7, 11) is -2.38. The lowest BCUT2D eigenvalue weighted by Crippen LogP contribution is -2.38. The van der Waals surface area contributed by atoms with Crippen LogP contribution in [0.25, 0.3) is 16.9 Å². The second-order valence-electron chi connectivity index (χ2n) is 7.14. The lowest BCUT2D eigenvalue weighted by Gasteiger charge is -2.26. The highest BCUT2D eigenvalue weighted by atomic mass is 32.2. The number of aromatic nitrogens is 3. The van der Waals surface area contributed by atoms with Crippen molar-refractivity contribution in [1.29, 1.82) is 0 Å². The van der Waals surface area contributed by atoms with E-state index in [-0.39, 0.29) is 22.8 Å². The summed E-state index contributed by atoms with van der Waals surface area (Å²) in [5.74, 6) is 0.549. The number of fused-ring (bicyclic) bond motifs is 1. The zero-order valence-electron chi connectivity index (χ0n) is 15.9. The molecular weight excluding hydrogens is 394 g/mol. The number of aliphatic hydroxyl groups excluding tert-OH is 1. The molecule has 0 spiro atoms. The molecule has 1 aliphatic carbocycles. The highest BCUT2D eigenvalue weighted by Gasteiger charge is 2.27. The van der Waals surface area contributed by atoms with Gasteiger partial charge in [-0.3, -0.25) is 4.40 Å². The van der Waals surface area contributed by atoms with Gasteiger partial charge in [0.25, 0.3) is 0 Å². The average Bonchev–Trinajstić information content (AvgIpc) is 3.14. The van der Waals surface area contributed by atoms with Crippen molar-refractivity contribution in [3.05, 3.63) is 36.8 Å². The molecule has 0 amide bonds. The van der Waals surface area contributed by atoms with Gasteiger partial charge in [-0.1, -0.05) is 0 Å². The largest absolute Gasteiger partial charge is 0.495 e. The lowest BCUT2D eigenvalue weighted by atomic mass is 9.94. The van der Waals surface area contributed by atoms with Crippen molar-refractivity contribution in [3.8, 4) is 17.0 Å². The highest BCUT2D eigenvalue weighted by molar-refractivity contribution is 7.89.